The van der Waals surface area contributed by atoms with Crippen LogP contribution in [0, 0.1) is 13.8 Å². The van der Waals surface area contributed by atoms with Gasteiger partial charge in [0.15, 0.2) is 11.3 Å². The van der Waals surface area contributed by atoms with E-state index in [9.17, 15) is 4.79 Å². The van der Waals surface area contributed by atoms with E-state index >= 15 is 0 Å². The minimum absolute atomic E-state index is 0. The third kappa shape index (κ3) is 3.96. The van der Waals surface area contributed by atoms with Gasteiger partial charge in [0.05, 0.1) is 19.0 Å². The van der Waals surface area contributed by atoms with Gasteiger partial charge in [0, 0.05) is 39.4 Å². The Kier molecular flexibility index (Phi) is 6.93. The highest BCUT2D eigenvalue weighted by Gasteiger charge is 2.50. The van der Waals surface area contributed by atoms with E-state index in [2.05, 4.69) is 60.1 Å². The van der Waals surface area contributed by atoms with Crippen LogP contribution in [0.5, 0.6) is 5.75 Å². The van der Waals surface area contributed by atoms with Gasteiger partial charge in [-0.2, -0.15) is 25.3 Å². The number of nitrogens with one attached hydrogen (secondary N) is 1. The first-order chi connectivity index (χ1) is 14.9. The molecule has 0 radical (unpaired) electrons. The number of benzene rings is 1. The van der Waals surface area contributed by atoms with Crippen LogP contribution in [0.2, 0.25) is 0 Å². The number of aromatic amines is 1. The van der Waals surface area contributed by atoms with Crippen LogP contribution in [0.3, 0.4) is 0 Å². The SMILES string of the molecule is COc1c(C)c[n+](-c2nc3cc4c(cc3[nH]2)C(C)(C)C(=O)C4(C)C)c(CC(S)CS)c1C.[Cl-]. The second kappa shape index (κ2) is 8.82. The summed E-state index contributed by atoms with van der Waals surface area (Å²) in [7, 11) is 1.70. The van der Waals surface area contributed by atoms with Crippen LogP contribution in [0.4, 0.5) is 0 Å². The standard InChI is InChI=1S/C25H31N3O2S2.ClH/c1-13-11-28(20(8-15(32)12-31)14(2)21(13)30-7)23-26-18-9-16-17(10-19(18)27-23)25(5,6)22(29)24(16,3)4;/h9-11,15H,8,12H2,1-7H3,(H2-,26,27,31,32);1H. The van der Waals surface area contributed by atoms with Crippen LogP contribution in [-0.4, -0.2) is 33.9 Å². The molecule has 1 N–H and O–H groups in total. The van der Waals surface area contributed by atoms with Gasteiger partial charge in [0.25, 0.3) is 0 Å². The zero-order chi connectivity index (χ0) is 23.6. The number of thiol groups is 2. The van der Waals surface area contributed by atoms with Crippen molar-refractivity contribution in [1.82, 2.24) is 9.97 Å². The highest BCUT2D eigenvalue weighted by atomic mass is 35.5. The number of halogens is 1. The van der Waals surface area contributed by atoms with Gasteiger partial charge < -0.3 is 17.1 Å². The molecule has 0 amide bonds. The third-order valence-corrected chi connectivity index (χ3v) is 8.00. The smallest absolute Gasteiger partial charge is 0.402 e. The molecule has 8 heteroatoms. The van der Waals surface area contributed by atoms with E-state index in [1.54, 1.807) is 7.11 Å². The maximum Gasteiger partial charge on any atom is 0.402 e. The number of aromatic nitrogens is 3. The lowest BCUT2D eigenvalue weighted by molar-refractivity contribution is -0.612. The number of rotatable bonds is 5. The van der Waals surface area contributed by atoms with Crippen LogP contribution in [-0.2, 0) is 22.0 Å². The predicted molar refractivity (Wildman–Crippen MR) is 135 cm³/mol. The van der Waals surface area contributed by atoms with Crippen LogP contribution in [0.1, 0.15) is 55.6 Å². The molecule has 1 aliphatic carbocycles. The fraction of sp³-hybridized carbons (Fsp3) is 0.480. The number of ether oxygens (including phenoxy) is 1. The Morgan fingerprint density at radius 1 is 1.15 bits per heavy atom. The maximum atomic E-state index is 13.0. The molecule has 0 bridgehead atoms. The van der Waals surface area contributed by atoms with Gasteiger partial charge in [-0.15, -0.1) is 0 Å². The normalized spacial score (nSPS) is 17.1. The molecule has 4 rings (SSSR count). The fourth-order valence-corrected chi connectivity index (χ4v) is 5.50. The Morgan fingerprint density at radius 2 is 1.76 bits per heavy atom. The third-order valence-electron chi connectivity index (χ3n) is 6.91. The molecule has 2 aromatic heterocycles. The van der Waals surface area contributed by atoms with E-state index in [1.807, 2.05) is 34.6 Å². The molecule has 3 aromatic rings. The molecule has 178 valence electrons. The number of hydrogen-bond acceptors (Lipinski definition) is 5. The van der Waals surface area contributed by atoms with Crippen molar-refractivity contribution in [3.05, 3.63) is 46.3 Å². The Bertz CT molecular complexity index is 1200. The molecule has 5 nitrogen and oxygen atoms in total. The molecule has 0 fully saturated rings. The molecular formula is C25H32ClN3O2S2. The zero-order valence-corrected chi connectivity index (χ0v) is 22.8. The van der Waals surface area contributed by atoms with Gasteiger partial charge in [-0.1, -0.05) is 4.98 Å². The molecule has 1 aliphatic rings. The number of methoxy groups -OCH3 is 1. The summed E-state index contributed by atoms with van der Waals surface area (Å²) >= 11 is 9.11. The van der Waals surface area contributed by atoms with Crippen molar-refractivity contribution < 1.29 is 26.5 Å². The zero-order valence-electron chi connectivity index (χ0n) is 20.2. The number of nitrogens with zero attached hydrogens (tertiary/aromatic N) is 2. The number of hydrogen-bond donors (Lipinski definition) is 3. The molecule has 1 atom stereocenters. The second-order valence-electron chi connectivity index (χ2n) is 9.88. The number of Topliss-reactive ketones (excluding diaryl/α,β-unsaturated/α-hetero) is 1. The number of H-pyrrole nitrogens is 1. The lowest BCUT2D eigenvalue weighted by Gasteiger charge is -2.21. The van der Waals surface area contributed by atoms with Crippen LogP contribution < -0.4 is 21.7 Å². The Hall–Kier alpha value is -1.70. The molecule has 0 aliphatic heterocycles. The summed E-state index contributed by atoms with van der Waals surface area (Å²) in [5.74, 6) is 2.55. The Morgan fingerprint density at radius 3 is 2.33 bits per heavy atom. The van der Waals surface area contributed by atoms with Crippen molar-refractivity contribution in [2.24, 2.45) is 0 Å². The summed E-state index contributed by atoms with van der Waals surface area (Å²) in [6.07, 6.45) is 2.79. The second-order valence-corrected chi connectivity index (χ2v) is 11.0. The van der Waals surface area contributed by atoms with E-state index in [0.717, 1.165) is 57.1 Å². The number of ketones is 1. The largest absolute Gasteiger partial charge is 1.00 e. The van der Waals surface area contributed by atoms with Crippen molar-refractivity contribution in [1.29, 1.82) is 0 Å². The van der Waals surface area contributed by atoms with E-state index in [1.165, 1.54) is 0 Å². The summed E-state index contributed by atoms with van der Waals surface area (Å²) in [6.45, 7) is 12.2. The van der Waals surface area contributed by atoms with Crippen molar-refractivity contribution in [2.45, 2.75) is 64.0 Å². The van der Waals surface area contributed by atoms with Crippen LogP contribution in [0.25, 0.3) is 17.0 Å². The van der Waals surface area contributed by atoms with Gasteiger partial charge in [-0.05, 0) is 64.8 Å². The van der Waals surface area contributed by atoms with E-state index < -0.39 is 10.8 Å². The highest BCUT2D eigenvalue weighted by molar-refractivity contribution is 7.84. The first-order valence-corrected chi connectivity index (χ1v) is 12.1. The Balaban J connectivity index is 0.00000306. The summed E-state index contributed by atoms with van der Waals surface area (Å²) in [5, 5.41) is 0.108. The fourth-order valence-electron chi connectivity index (χ4n) is 5.20. The summed E-state index contributed by atoms with van der Waals surface area (Å²) in [6, 6.07) is 4.18. The van der Waals surface area contributed by atoms with Crippen molar-refractivity contribution in [3.63, 3.8) is 0 Å². The topological polar surface area (TPSA) is 58.9 Å². The molecular weight excluding hydrogens is 474 g/mol. The van der Waals surface area contributed by atoms with Gasteiger partial charge in [0.2, 0.25) is 0 Å². The van der Waals surface area contributed by atoms with Gasteiger partial charge in [-0.3, -0.25) is 4.79 Å². The number of fused-ring (bicyclic) bond motifs is 2. The average Bonchev–Trinajstić information content (AvgIpc) is 3.21. The maximum absolute atomic E-state index is 13.0. The molecule has 2 heterocycles. The van der Waals surface area contributed by atoms with Crippen molar-refractivity contribution in [3.8, 4) is 11.7 Å². The van der Waals surface area contributed by atoms with Gasteiger partial charge >= 0.3 is 5.95 Å². The molecule has 0 saturated heterocycles. The van der Waals surface area contributed by atoms with Gasteiger partial charge in [0.1, 0.15) is 11.3 Å². The molecule has 0 saturated carbocycles. The van der Waals surface area contributed by atoms with Gasteiger partial charge in [-0.25, -0.2) is 9.55 Å². The predicted octanol–water partition coefficient (Wildman–Crippen LogP) is 1.38. The number of carbonyl (C=O) groups is 1. The summed E-state index contributed by atoms with van der Waals surface area (Å²) in [4.78, 5) is 21.5. The minimum Gasteiger partial charge on any atom is -1.00 e. The molecule has 33 heavy (non-hydrogen) atoms. The first kappa shape index (κ1) is 25.9. The molecule has 0 spiro atoms. The highest BCUT2D eigenvalue weighted by Crippen LogP contribution is 2.47. The molecule has 1 unspecified atom stereocenters. The molecule has 1 aromatic carbocycles. The lowest BCUT2D eigenvalue weighted by atomic mass is 9.80. The number of imidazole rings is 1. The average molecular weight is 506 g/mol. The number of aryl methyl sites for hydroxylation is 1. The van der Waals surface area contributed by atoms with E-state index in [0.29, 0.717) is 5.75 Å². The van der Waals surface area contributed by atoms with Crippen molar-refractivity contribution >= 4 is 42.1 Å². The number of carbonyl (C=O) groups excluding carboxylic acids is 1. The van der Waals surface area contributed by atoms with Crippen molar-refractivity contribution in [2.75, 3.05) is 12.9 Å². The lowest BCUT2D eigenvalue weighted by Crippen LogP contribution is -3.00. The summed E-state index contributed by atoms with van der Waals surface area (Å²) < 4.78 is 7.77. The van der Waals surface area contributed by atoms with E-state index in [-0.39, 0.29) is 23.4 Å². The summed E-state index contributed by atoms with van der Waals surface area (Å²) in [5.41, 5.74) is 6.08. The number of pyridine rings is 1. The first-order valence-electron chi connectivity index (χ1n) is 10.9. The van der Waals surface area contributed by atoms with Crippen LogP contribution >= 0.6 is 25.3 Å². The quantitative estimate of drug-likeness (QED) is 0.363. The minimum atomic E-state index is -0.524. The van der Waals surface area contributed by atoms with Crippen LogP contribution in [0.15, 0.2) is 18.3 Å². The van der Waals surface area contributed by atoms with E-state index in [4.69, 9.17) is 9.72 Å². The monoisotopic (exact) mass is 505 g/mol. The Labute approximate surface area is 213 Å².